The third kappa shape index (κ3) is 8.70. The van der Waals surface area contributed by atoms with Gasteiger partial charge in [0.15, 0.2) is 11.0 Å². The van der Waals surface area contributed by atoms with Gasteiger partial charge in [-0.2, -0.15) is 4.98 Å². The van der Waals surface area contributed by atoms with Crippen molar-refractivity contribution >= 4 is 29.3 Å². The number of hydrogen-bond acceptors (Lipinski definition) is 7. The summed E-state index contributed by atoms with van der Waals surface area (Å²) in [6, 6.07) is 13.5. The highest BCUT2D eigenvalue weighted by molar-refractivity contribution is 7.98. The maximum absolute atomic E-state index is 13.8. The van der Waals surface area contributed by atoms with E-state index in [2.05, 4.69) is 33.7 Å². The van der Waals surface area contributed by atoms with Crippen LogP contribution >= 0.6 is 23.4 Å². The number of nitrogens with zero attached hydrogens (tertiary/aromatic N) is 6. The van der Waals surface area contributed by atoms with Crippen LogP contribution in [0.1, 0.15) is 30.5 Å². The van der Waals surface area contributed by atoms with E-state index in [-0.39, 0.29) is 23.8 Å². The minimum Gasteiger partial charge on any atom is -0.335 e. The Bertz CT molecular complexity index is 1530. The zero-order chi connectivity index (χ0) is 30.1. The monoisotopic (exact) mass is 608 g/mol. The number of halogens is 2. The lowest BCUT2D eigenvalue weighted by atomic mass is 10.2. The number of carbonyl (C=O) groups is 1. The molecule has 42 heavy (non-hydrogen) atoms. The first kappa shape index (κ1) is 31.3. The summed E-state index contributed by atoms with van der Waals surface area (Å²) in [7, 11) is 0. The number of thioether (sulfide) groups is 1. The third-order valence-electron chi connectivity index (χ3n) is 6.83. The van der Waals surface area contributed by atoms with E-state index in [0.717, 1.165) is 36.3 Å². The van der Waals surface area contributed by atoms with Crippen molar-refractivity contribution in [3.63, 3.8) is 0 Å². The molecule has 0 spiro atoms. The summed E-state index contributed by atoms with van der Waals surface area (Å²) in [5, 5.41) is 1.07. The van der Waals surface area contributed by atoms with Crippen LogP contribution in [-0.2, 0) is 23.6 Å². The Labute approximate surface area is 254 Å². The van der Waals surface area contributed by atoms with Gasteiger partial charge >= 0.3 is 0 Å². The Morgan fingerprint density at radius 2 is 1.64 bits per heavy atom. The number of likely N-dealkylation sites (N-methyl/N-ethyl adjacent to an activating group) is 1. The van der Waals surface area contributed by atoms with Gasteiger partial charge in [0, 0.05) is 65.7 Å². The summed E-state index contributed by atoms with van der Waals surface area (Å²) in [5.74, 6) is 0.633. The lowest BCUT2D eigenvalue weighted by Gasteiger charge is -2.27. The number of aromatic nitrogens is 4. The Hall–Kier alpha value is -3.60. The summed E-state index contributed by atoms with van der Waals surface area (Å²) in [6.45, 7) is 9.22. The molecule has 1 amide bonds. The summed E-state index contributed by atoms with van der Waals surface area (Å²) in [4.78, 5) is 43.5. The number of aryl methyl sites for hydroxylation is 1. The normalized spacial score (nSPS) is 11.2. The van der Waals surface area contributed by atoms with Crippen LogP contribution in [0.2, 0.25) is 5.02 Å². The second-order valence-corrected chi connectivity index (χ2v) is 11.2. The van der Waals surface area contributed by atoms with Crippen molar-refractivity contribution in [1.82, 2.24) is 29.3 Å². The Kier molecular flexibility index (Phi) is 11.2. The molecule has 4 aromatic rings. The van der Waals surface area contributed by atoms with Crippen LogP contribution in [-0.4, -0.2) is 61.4 Å². The molecule has 11 heteroatoms. The van der Waals surface area contributed by atoms with Gasteiger partial charge in [-0.05, 0) is 62.0 Å². The fourth-order valence-corrected chi connectivity index (χ4v) is 5.33. The number of carbonyl (C=O) groups excluding carboxylic acids is 1. The van der Waals surface area contributed by atoms with Gasteiger partial charge in [0.25, 0.3) is 5.56 Å². The minimum absolute atomic E-state index is 0.0157. The molecule has 220 valence electrons. The lowest BCUT2D eigenvalue weighted by molar-refractivity contribution is -0.132. The van der Waals surface area contributed by atoms with Crippen LogP contribution in [0.3, 0.4) is 0 Å². The molecule has 2 aromatic heterocycles. The molecule has 0 saturated carbocycles. The predicted octanol–water partition coefficient (Wildman–Crippen LogP) is 5.46. The second kappa shape index (κ2) is 15.0. The number of rotatable bonds is 13. The first-order valence-corrected chi connectivity index (χ1v) is 15.1. The van der Waals surface area contributed by atoms with Crippen molar-refractivity contribution in [2.45, 2.75) is 44.8 Å². The van der Waals surface area contributed by atoms with E-state index in [0.29, 0.717) is 40.4 Å². The van der Waals surface area contributed by atoms with Crippen LogP contribution in [0.15, 0.2) is 77.1 Å². The molecule has 0 fully saturated rings. The van der Waals surface area contributed by atoms with Crippen molar-refractivity contribution in [2.75, 3.05) is 26.2 Å². The number of amides is 1. The van der Waals surface area contributed by atoms with Gasteiger partial charge in [-0.15, -0.1) is 0 Å². The van der Waals surface area contributed by atoms with Gasteiger partial charge in [0.05, 0.1) is 0 Å². The van der Waals surface area contributed by atoms with Gasteiger partial charge in [-0.3, -0.25) is 9.59 Å². The quantitative estimate of drug-likeness (QED) is 0.147. The Morgan fingerprint density at radius 1 is 0.976 bits per heavy atom. The van der Waals surface area contributed by atoms with Crippen molar-refractivity contribution < 1.29 is 9.18 Å². The maximum atomic E-state index is 13.8. The van der Waals surface area contributed by atoms with Gasteiger partial charge < -0.3 is 14.4 Å². The molecule has 2 heterocycles. The molecule has 4 rings (SSSR count). The Balaban J connectivity index is 1.53. The molecule has 0 aliphatic rings. The van der Waals surface area contributed by atoms with Crippen LogP contribution < -0.4 is 5.56 Å². The van der Waals surface area contributed by atoms with E-state index in [1.54, 1.807) is 59.2 Å². The maximum Gasteiger partial charge on any atom is 0.276 e. The summed E-state index contributed by atoms with van der Waals surface area (Å²) in [5.41, 5.74) is 2.66. The topological polar surface area (TPSA) is 84.2 Å². The van der Waals surface area contributed by atoms with Gasteiger partial charge in [0.1, 0.15) is 12.4 Å². The molecule has 8 nitrogen and oxygen atoms in total. The molecule has 0 atom stereocenters. The SMILES string of the molecule is CCN(CC)CCN(Cc1cnc(-c2ccc(Cl)cc2)nc1)C(=O)Cn1cc(C)c(=O)nc1SCc1ccc(F)cc1. The third-order valence-corrected chi connectivity index (χ3v) is 8.14. The molecule has 0 N–H and O–H groups in total. The molecule has 0 aliphatic heterocycles. The van der Waals surface area contributed by atoms with E-state index in [1.165, 1.54) is 23.9 Å². The van der Waals surface area contributed by atoms with Gasteiger partial charge in [0.2, 0.25) is 5.91 Å². The summed E-state index contributed by atoms with van der Waals surface area (Å²) >= 11 is 7.34. The smallest absolute Gasteiger partial charge is 0.276 e. The molecule has 0 bridgehead atoms. The first-order chi connectivity index (χ1) is 20.2. The molecule has 0 unspecified atom stereocenters. The fraction of sp³-hybridized carbons (Fsp3) is 0.323. The van der Waals surface area contributed by atoms with E-state index >= 15 is 0 Å². The highest BCUT2D eigenvalue weighted by Crippen LogP contribution is 2.22. The number of benzene rings is 2. The van der Waals surface area contributed by atoms with E-state index in [9.17, 15) is 14.0 Å². The largest absolute Gasteiger partial charge is 0.335 e. The summed E-state index contributed by atoms with van der Waals surface area (Å²) < 4.78 is 15.1. The van der Waals surface area contributed by atoms with Crippen LogP contribution in [0.25, 0.3) is 11.4 Å². The van der Waals surface area contributed by atoms with Crippen LogP contribution in [0.5, 0.6) is 0 Å². The van der Waals surface area contributed by atoms with Crippen LogP contribution in [0, 0.1) is 12.7 Å². The predicted molar refractivity (Wildman–Crippen MR) is 165 cm³/mol. The van der Waals surface area contributed by atoms with Gasteiger partial charge in [-0.1, -0.05) is 49.3 Å². The van der Waals surface area contributed by atoms with Crippen molar-refractivity contribution in [2.24, 2.45) is 0 Å². The van der Waals surface area contributed by atoms with Crippen molar-refractivity contribution in [1.29, 1.82) is 0 Å². The van der Waals surface area contributed by atoms with E-state index < -0.39 is 0 Å². The zero-order valence-corrected chi connectivity index (χ0v) is 25.5. The minimum atomic E-state index is -0.336. The van der Waals surface area contributed by atoms with Crippen LogP contribution in [0.4, 0.5) is 4.39 Å². The highest BCUT2D eigenvalue weighted by Gasteiger charge is 2.19. The molecule has 0 aliphatic carbocycles. The molecular formula is C31H34ClFN6O2S. The molecular weight excluding hydrogens is 575 g/mol. The zero-order valence-electron chi connectivity index (χ0n) is 24.0. The van der Waals surface area contributed by atoms with Crippen molar-refractivity contribution in [3.05, 3.63) is 105 Å². The number of hydrogen-bond donors (Lipinski definition) is 0. The van der Waals surface area contributed by atoms with Gasteiger partial charge in [-0.25, -0.2) is 14.4 Å². The standard InChI is InChI=1S/C31H34ClFN6O2S/c1-4-37(5-2)14-15-38(19-24-16-34-29(35-17-24)25-8-10-26(32)11-9-25)28(40)20-39-18-22(3)30(41)36-31(39)42-21-23-6-12-27(33)13-7-23/h6-13,16-18H,4-5,14-15,19-21H2,1-3H3. The lowest BCUT2D eigenvalue weighted by Crippen LogP contribution is -2.40. The summed E-state index contributed by atoms with van der Waals surface area (Å²) in [6.07, 6.45) is 5.15. The van der Waals surface area contributed by atoms with E-state index in [4.69, 9.17) is 11.6 Å². The van der Waals surface area contributed by atoms with E-state index in [1.807, 2.05) is 12.1 Å². The average Bonchev–Trinajstić information content (AvgIpc) is 2.99. The van der Waals surface area contributed by atoms with Crippen molar-refractivity contribution in [3.8, 4) is 11.4 Å². The average molecular weight is 609 g/mol. The molecule has 0 radical (unpaired) electrons. The molecule has 0 saturated heterocycles. The highest BCUT2D eigenvalue weighted by atomic mass is 35.5. The first-order valence-electron chi connectivity index (χ1n) is 13.8. The molecule has 2 aromatic carbocycles. The fourth-order valence-electron chi connectivity index (χ4n) is 4.28. The Morgan fingerprint density at radius 3 is 2.29 bits per heavy atom. The second-order valence-electron chi connectivity index (χ2n) is 9.82.